The van der Waals surface area contributed by atoms with Gasteiger partial charge in [0.05, 0.1) is 11.4 Å². The quantitative estimate of drug-likeness (QED) is 0.814. The molecule has 0 N–H and O–H groups in total. The topological polar surface area (TPSA) is 55.3 Å². The van der Waals surface area contributed by atoms with Crippen molar-refractivity contribution >= 4 is 6.09 Å². The molecule has 1 aromatic rings. The van der Waals surface area contributed by atoms with Gasteiger partial charge in [0.25, 0.3) is 0 Å². The van der Waals surface area contributed by atoms with Gasteiger partial charge in [-0.25, -0.2) is 9.18 Å². The molecule has 0 aromatic carbocycles. The molecule has 1 aliphatic rings. The van der Waals surface area contributed by atoms with E-state index in [1.807, 2.05) is 41.5 Å². The number of nitrogens with zero attached hydrogens (tertiary/aromatic N) is 3. The van der Waals surface area contributed by atoms with Crippen molar-refractivity contribution in [1.29, 1.82) is 0 Å². The van der Waals surface area contributed by atoms with Crippen LogP contribution in [0.5, 0.6) is 0 Å². The van der Waals surface area contributed by atoms with Gasteiger partial charge < -0.3 is 9.64 Å². The van der Waals surface area contributed by atoms with E-state index in [0.717, 1.165) is 5.69 Å². The second-order valence-electron chi connectivity index (χ2n) is 6.94. The van der Waals surface area contributed by atoms with Gasteiger partial charge in [-0.3, -0.25) is 9.97 Å². The van der Waals surface area contributed by atoms with E-state index in [9.17, 15) is 9.18 Å². The van der Waals surface area contributed by atoms with Crippen LogP contribution >= 0.6 is 0 Å². The molecule has 1 aliphatic heterocycles. The molecule has 0 bridgehead atoms. The number of hydrogen-bond donors (Lipinski definition) is 0. The van der Waals surface area contributed by atoms with Crippen LogP contribution in [0.25, 0.3) is 0 Å². The Morgan fingerprint density at radius 1 is 1.25 bits per heavy atom. The predicted molar refractivity (Wildman–Crippen MR) is 92.7 cm³/mol. The van der Waals surface area contributed by atoms with E-state index in [-0.39, 0.29) is 12.5 Å². The molecule has 0 unspecified atom stereocenters. The molecular formula is C18H30FN3O2. The molecule has 2 rings (SSSR count). The van der Waals surface area contributed by atoms with Crippen molar-refractivity contribution in [2.24, 2.45) is 0 Å². The van der Waals surface area contributed by atoms with Crippen LogP contribution in [0.4, 0.5) is 9.18 Å². The lowest BCUT2D eigenvalue weighted by atomic mass is 9.89. The van der Waals surface area contributed by atoms with Gasteiger partial charge in [-0.05, 0) is 40.5 Å². The predicted octanol–water partition coefficient (Wildman–Crippen LogP) is 4.09. The Bertz CT molecular complexity index is 518. The summed E-state index contributed by atoms with van der Waals surface area (Å²) in [4.78, 5) is 21.9. The van der Waals surface area contributed by atoms with Crippen molar-refractivity contribution in [3.05, 3.63) is 23.8 Å². The fourth-order valence-electron chi connectivity index (χ4n) is 2.43. The highest BCUT2D eigenvalue weighted by Crippen LogP contribution is 2.30. The zero-order chi connectivity index (χ0) is 18.4. The molecule has 1 saturated heterocycles. The summed E-state index contributed by atoms with van der Waals surface area (Å²) in [6, 6.07) is 0. The number of halogens is 1. The van der Waals surface area contributed by atoms with Gasteiger partial charge >= 0.3 is 6.09 Å². The summed E-state index contributed by atoms with van der Waals surface area (Å²) in [7, 11) is 0. The first-order chi connectivity index (χ1) is 11.2. The summed E-state index contributed by atoms with van der Waals surface area (Å²) in [5.41, 5.74) is -0.392. The Morgan fingerprint density at radius 3 is 2.29 bits per heavy atom. The Hall–Kier alpha value is -1.72. The van der Waals surface area contributed by atoms with Crippen molar-refractivity contribution in [1.82, 2.24) is 14.9 Å². The van der Waals surface area contributed by atoms with E-state index in [0.29, 0.717) is 31.6 Å². The minimum atomic E-state index is -1.33. The summed E-state index contributed by atoms with van der Waals surface area (Å²) in [5, 5.41) is 0. The Labute approximate surface area is 144 Å². The van der Waals surface area contributed by atoms with Gasteiger partial charge in [0.15, 0.2) is 0 Å². The van der Waals surface area contributed by atoms with Crippen LogP contribution in [0.15, 0.2) is 12.4 Å². The molecule has 24 heavy (non-hydrogen) atoms. The SMILES string of the molecule is CC.Cc1cnc(CC2(F)CCN(C(=O)OC(C)(C)C)CC2)cn1. The molecule has 0 aliphatic carbocycles. The third kappa shape index (κ3) is 6.42. The maximum atomic E-state index is 14.9. The van der Waals surface area contributed by atoms with E-state index in [1.165, 1.54) is 0 Å². The minimum Gasteiger partial charge on any atom is -0.444 e. The lowest BCUT2D eigenvalue weighted by Gasteiger charge is -2.36. The second-order valence-corrected chi connectivity index (χ2v) is 6.94. The van der Waals surface area contributed by atoms with Gasteiger partial charge in [0.2, 0.25) is 0 Å². The number of aryl methyl sites for hydroxylation is 1. The largest absolute Gasteiger partial charge is 0.444 e. The Balaban J connectivity index is 0.00000139. The van der Waals surface area contributed by atoms with E-state index < -0.39 is 11.3 Å². The highest BCUT2D eigenvalue weighted by atomic mass is 19.1. The van der Waals surface area contributed by atoms with Crippen molar-refractivity contribution in [3.63, 3.8) is 0 Å². The van der Waals surface area contributed by atoms with Crippen molar-refractivity contribution < 1.29 is 13.9 Å². The number of carbonyl (C=O) groups is 1. The molecule has 2 heterocycles. The van der Waals surface area contributed by atoms with E-state index >= 15 is 0 Å². The number of ether oxygens (including phenoxy) is 1. The van der Waals surface area contributed by atoms with Crippen molar-refractivity contribution in [2.45, 2.75) is 72.1 Å². The standard InChI is InChI=1S/C16H24FN3O2.C2H6/c1-12-10-19-13(11-18-12)9-16(17)5-7-20(8-6-16)14(21)22-15(2,3)4;1-2/h10-11H,5-9H2,1-4H3;1-2H3. The number of piperidine rings is 1. The smallest absolute Gasteiger partial charge is 0.410 e. The molecule has 0 saturated carbocycles. The molecule has 5 nitrogen and oxygen atoms in total. The first-order valence-corrected chi connectivity index (χ1v) is 8.61. The average Bonchev–Trinajstić information content (AvgIpc) is 2.50. The molecule has 1 fully saturated rings. The highest BCUT2D eigenvalue weighted by molar-refractivity contribution is 5.68. The number of aromatic nitrogens is 2. The summed E-state index contributed by atoms with van der Waals surface area (Å²) in [5.74, 6) is 0. The van der Waals surface area contributed by atoms with Crippen LogP contribution in [0.3, 0.4) is 0 Å². The summed E-state index contributed by atoms with van der Waals surface area (Å²) in [6.07, 6.45) is 3.72. The van der Waals surface area contributed by atoms with E-state index in [2.05, 4.69) is 9.97 Å². The number of rotatable bonds is 2. The van der Waals surface area contributed by atoms with Gasteiger partial charge in [0, 0.05) is 31.9 Å². The fraction of sp³-hybridized carbons (Fsp3) is 0.722. The number of alkyl halides is 1. The molecule has 1 amide bonds. The zero-order valence-electron chi connectivity index (χ0n) is 15.7. The fourth-order valence-corrected chi connectivity index (χ4v) is 2.43. The maximum absolute atomic E-state index is 14.9. The van der Waals surface area contributed by atoms with Crippen LogP contribution in [-0.4, -0.2) is 45.3 Å². The molecule has 1 aromatic heterocycles. The monoisotopic (exact) mass is 339 g/mol. The number of amides is 1. The van der Waals surface area contributed by atoms with Gasteiger partial charge in [-0.15, -0.1) is 0 Å². The number of likely N-dealkylation sites (tertiary alicyclic amines) is 1. The lowest BCUT2D eigenvalue weighted by molar-refractivity contribution is 0.00320. The third-order valence-corrected chi connectivity index (χ3v) is 3.64. The van der Waals surface area contributed by atoms with Crippen molar-refractivity contribution in [2.75, 3.05) is 13.1 Å². The number of hydrogen-bond acceptors (Lipinski definition) is 4. The number of carbonyl (C=O) groups excluding carboxylic acids is 1. The Kier molecular flexibility index (Phi) is 7.11. The van der Waals surface area contributed by atoms with Crippen LogP contribution in [-0.2, 0) is 11.2 Å². The summed E-state index contributed by atoms with van der Waals surface area (Å²) >= 11 is 0. The minimum absolute atomic E-state index is 0.239. The van der Waals surface area contributed by atoms with Crippen LogP contribution in [0.2, 0.25) is 0 Å². The Morgan fingerprint density at radius 2 is 1.83 bits per heavy atom. The lowest BCUT2D eigenvalue weighted by Crippen LogP contribution is -2.47. The molecular weight excluding hydrogens is 309 g/mol. The summed E-state index contributed by atoms with van der Waals surface area (Å²) < 4.78 is 20.2. The average molecular weight is 339 g/mol. The van der Waals surface area contributed by atoms with E-state index in [4.69, 9.17) is 4.74 Å². The molecule has 136 valence electrons. The normalized spacial score (nSPS) is 16.9. The van der Waals surface area contributed by atoms with Crippen LogP contribution in [0.1, 0.15) is 58.8 Å². The van der Waals surface area contributed by atoms with Gasteiger partial charge in [-0.2, -0.15) is 0 Å². The zero-order valence-corrected chi connectivity index (χ0v) is 15.7. The van der Waals surface area contributed by atoms with Crippen LogP contribution in [0, 0.1) is 6.92 Å². The van der Waals surface area contributed by atoms with Crippen LogP contribution < -0.4 is 0 Å². The molecule has 0 radical (unpaired) electrons. The first-order valence-electron chi connectivity index (χ1n) is 8.61. The first kappa shape index (κ1) is 20.3. The van der Waals surface area contributed by atoms with Gasteiger partial charge in [0.1, 0.15) is 11.3 Å². The van der Waals surface area contributed by atoms with E-state index in [1.54, 1.807) is 17.3 Å². The maximum Gasteiger partial charge on any atom is 0.410 e. The second kappa shape index (κ2) is 8.40. The molecule has 0 atom stereocenters. The highest BCUT2D eigenvalue weighted by Gasteiger charge is 2.37. The van der Waals surface area contributed by atoms with Gasteiger partial charge in [-0.1, -0.05) is 13.8 Å². The van der Waals surface area contributed by atoms with Crippen molar-refractivity contribution in [3.8, 4) is 0 Å². The summed E-state index contributed by atoms with van der Waals surface area (Å²) in [6.45, 7) is 12.1. The molecule has 6 heteroatoms. The third-order valence-electron chi connectivity index (χ3n) is 3.64. The molecule has 0 spiro atoms.